The van der Waals surface area contributed by atoms with Gasteiger partial charge in [0.2, 0.25) is 0 Å². The molecule has 0 spiro atoms. The van der Waals surface area contributed by atoms with Gasteiger partial charge in [-0.25, -0.2) is 0 Å². The van der Waals surface area contributed by atoms with Crippen molar-refractivity contribution in [2.75, 3.05) is 14.2 Å². The zero-order valence-electron chi connectivity index (χ0n) is 11.3. The number of carbonyl (C=O) groups excluding carboxylic acids is 2. The third kappa shape index (κ3) is 3.94. The van der Waals surface area contributed by atoms with E-state index in [1.54, 1.807) is 0 Å². The first-order chi connectivity index (χ1) is 9.01. The molecule has 1 N–H and O–H groups in total. The molecule has 1 aliphatic carbocycles. The highest BCUT2D eigenvalue weighted by atomic mass is 16.5. The molecule has 0 aromatic heterocycles. The Morgan fingerprint density at radius 3 is 2.32 bits per heavy atom. The molecule has 6 nitrogen and oxygen atoms in total. The summed E-state index contributed by atoms with van der Waals surface area (Å²) in [6, 6.07) is 0. The van der Waals surface area contributed by atoms with Crippen LogP contribution >= 0.6 is 0 Å². The van der Waals surface area contributed by atoms with Gasteiger partial charge in [0, 0.05) is 0 Å². The standard InChI is InChI=1S/C13H20O6/c1-18-11(14)7-10(13(17)19-2)8-5-3-4-6-9(8)12(15)16/h8-10H,3-7H2,1-2H3,(H,15,16). The van der Waals surface area contributed by atoms with E-state index in [9.17, 15) is 19.5 Å². The highest BCUT2D eigenvalue weighted by Crippen LogP contribution is 2.37. The third-order valence-corrected chi connectivity index (χ3v) is 3.77. The second-order valence-corrected chi connectivity index (χ2v) is 4.80. The van der Waals surface area contributed by atoms with E-state index in [4.69, 9.17) is 4.74 Å². The fraction of sp³-hybridized carbons (Fsp3) is 0.769. The van der Waals surface area contributed by atoms with Crippen LogP contribution in [0.25, 0.3) is 0 Å². The number of carboxylic acid groups (broad SMARTS) is 1. The molecular weight excluding hydrogens is 252 g/mol. The van der Waals surface area contributed by atoms with Gasteiger partial charge < -0.3 is 14.6 Å². The van der Waals surface area contributed by atoms with Crippen molar-refractivity contribution in [3.05, 3.63) is 0 Å². The van der Waals surface area contributed by atoms with Gasteiger partial charge in [0.05, 0.1) is 32.5 Å². The van der Waals surface area contributed by atoms with Crippen LogP contribution in [0.2, 0.25) is 0 Å². The number of esters is 2. The Morgan fingerprint density at radius 2 is 1.79 bits per heavy atom. The largest absolute Gasteiger partial charge is 0.481 e. The Hall–Kier alpha value is -1.59. The quantitative estimate of drug-likeness (QED) is 0.757. The molecule has 6 heteroatoms. The minimum absolute atomic E-state index is 0.127. The Morgan fingerprint density at radius 1 is 1.16 bits per heavy atom. The van der Waals surface area contributed by atoms with E-state index in [1.807, 2.05) is 0 Å². The maximum atomic E-state index is 11.8. The van der Waals surface area contributed by atoms with Crippen LogP contribution in [-0.4, -0.2) is 37.2 Å². The SMILES string of the molecule is COC(=O)CC(C(=O)OC)C1CCCCC1C(=O)O. The predicted octanol–water partition coefficient (Wildman–Crippen LogP) is 1.23. The number of aliphatic carboxylic acids is 1. The lowest BCUT2D eigenvalue weighted by Gasteiger charge is -2.33. The molecule has 0 saturated heterocycles. The minimum Gasteiger partial charge on any atom is -0.481 e. The summed E-state index contributed by atoms with van der Waals surface area (Å²) in [5.74, 6) is -3.67. The summed E-state index contributed by atoms with van der Waals surface area (Å²) in [6.45, 7) is 0. The van der Waals surface area contributed by atoms with E-state index >= 15 is 0 Å². The number of carbonyl (C=O) groups is 3. The average Bonchev–Trinajstić information content (AvgIpc) is 2.43. The van der Waals surface area contributed by atoms with Crippen LogP contribution in [0, 0.1) is 17.8 Å². The molecular formula is C13H20O6. The zero-order chi connectivity index (χ0) is 14.4. The van der Waals surface area contributed by atoms with E-state index in [2.05, 4.69) is 4.74 Å². The lowest BCUT2D eigenvalue weighted by Crippen LogP contribution is -2.37. The molecule has 0 aliphatic heterocycles. The molecule has 0 bridgehead atoms. The molecule has 1 saturated carbocycles. The summed E-state index contributed by atoms with van der Waals surface area (Å²) in [6.07, 6.45) is 2.72. The van der Waals surface area contributed by atoms with Gasteiger partial charge in [-0.15, -0.1) is 0 Å². The van der Waals surface area contributed by atoms with Crippen LogP contribution in [0.1, 0.15) is 32.1 Å². The van der Waals surface area contributed by atoms with Gasteiger partial charge in [0.25, 0.3) is 0 Å². The van der Waals surface area contributed by atoms with Crippen molar-refractivity contribution >= 4 is 17.9 Å². The van der Waals surface area contributed by atoms with Gasteiger partial charge in [-0.1, -0.05) is 12.8 Å². The predicted molar refractivity (Wildman–Crippen MR) is 65.2 cm³/mol. The van der Waals surface area contributed by atoms with Crippen LogP contribution in [0.5, 0.6) is 0 Å². The van der Waals surface area contributed by atoms with Crippen molar-refractivity contribution in [2.45, 2.75) is 32.1 Å². The second kappa shape index (κ2) is 7.11. The van der Waals surface area contributed by atoms with Gasteiger partial charge in [-0.05, 0) is 18.8 Å². The van der Waals surface area contributed by atoms with Crippen molar-refractivity contribution in [2.24, 2.45) is 17.8 Å². The fourth-order valence-corrected chi connectivity index (χ4v) is 2.77. The van der Waals surface area contributed by atoms with Crippen LogP contribution in [-0.2, 0) is 23.9 Å². The molecule has 0 aromatic carbocycles. The summed E-state index contributed by atoms with van der Waals surface area (Å²) >= 11 is 0. The molecule has 108 valence electrons. The first-order valence-corrected chi connectivity index (χ1v) is 6.38. The zero-order valence-corrected chi connectivity index (χ0v) is 11.3. The van der Waals surface area contributed by atoms with Gasteiger partial charge in [-0.2, -0.15) is 0 Å². The van der Waals surface area contributed by atoms with E-state index < -0.39 is 29.7 Å². The highest BCUT2D eigenvalue weighted by molar-refractivity contribution is 5.81. The topological polar surface area (TPSA) is 89.9 Å². The smallest absolute Gasteiger partial charge is 0.309 e. The first kappa shape index (κ1) is 15.5. The summed E-state index contributed by atoms with van der Waals surface area (Å²) in [5.41, 5.74) is 0. The third-order valence-electron chi connectivity index (χ3n) is 3.77. The number of hydrogen-bond donors (Lipinski definition) is 1. The molecule has 0 heterocycles. The van der Waals surface area contributed by atoms with Crippen LogP contribution in [0.3, 0.4) is 0 Å². The fourth-order valence-electron chi connectivity index (χ4n) is 2.77. The maximum absolute atomic E-state index is 11.8. The Bertz CT molecular complexity index is 351. The summed E-state index contributed by atoms with van der Waals surface area (Å²) in [7, 11) is 2.48. The van der Waals surface area contributed by atoms with E-state index in [0.29, 0.717) is 12.8 Å². The van der Waals surface area contributed by atoms with Crippen molar-refractivity contribution in [3.8, 4) is 0 Å². The van der Waals surface area contributed by atoms with Crippen LogP contribution in [0.15, 0.2) is 0 Å². The molecule has 1 aliphatic rings. The Kier molecular flexibility index (Phi) is 5.79. The van der Waals surface area contributed by atoms with Crippen molar-refractivity contribution in [1.82, 2.24) is 0 Å². The lowest BCUT2D eigenvalue weighted by molar-refractivity contribution is -0.158. The van der Waals surface area contributed by atoms with Gasteiger partial charge >= 0.3 is 17.9 Å². The minimum atomic E-state index is -0.913. The monoisotopic (exact) mass is 272 g/mol. The molecule has 3 atom stereocenters. The molecule has 1 rings (SSSR count). The average molecular weight is 272 g/mol. The van der Waals surface area contributed by atoms with E-state index in [0.717, 1.165) is 12.8 Å². The molecule has 1 fully saturated rings. The normalized spacial score (nSPS) is 24.3. The van der Waals surface area contributed by atoms with Crippen molar-refractivity contribution in [1.29, 1.82) is 0 Å². The van der Waals surface area contributed by atoms with E-state index in [1.165, 1.54) is 14.2 Å². The second-order valence-electron chi connectivity index (χ2n) is 4.80. The van der Waals surface area contributed by atoms with Crippen molar-refractivity contribution in [3.63, 3.8) is 0 Å². The van der Waals surface area contributed by atoms with Gasteiger partial charge in [-0.3, -0.25) is 14.4 Å². The number of methoxy groups -OCH3 is 2. The number of hydrogen-bond acceptors (Lipinski definition) is 5. The van der Waals surface area contributed by atoms with Crippen LogP contribution < -0.4 is 0 Å². The van der Waals surface area contributed by atoms with Crippen LogP contribution in [0.4, 0.5) is 0 Å². The van der Waals surface area contributed by atoms with E-state index in [-0.39, 0.29) is 12.3 Å². The first-order valence-electron chi connectivity index (χ1n) is 6.38. The Balaban J connectivity index is 2.90. The molecule has 0 radical (unpaired) electrons. The molecule has 0 amide bonds. The van der Waals surface area contributed by atoms with Gasteiger partial charge in [0.1, 0.15) is 0 Å². The maximum Gasteiger partial charge on any atom is 0.309 e. The summed E-state index contributed by atoms with van der Waals surface area (Å²) in [5, 5.41) is 9.24. The molecule has 3 unspecified atom stereocenters. The van der Waals surface area contributed by atoms with Gasteiger partial charge in [0.15, 0.2) is 0 Å². The molecule has 19 heavy (non-hydrogen) atoms. The lowest BCUT2D eigenvalue weighted by atomic mass is 9.71. The summed E-state index contributed by atoms with van der Waals surface area (Å²) in [4.78, 5) is 34.5. The molecule has 0 aromatic rings. The number of carboxylic acids is 1. The number of rotatable bonds is 5. The number of ether oxygens (including phenoxy) is 2. The Labute approximate surface area is 112 Å². The summed E-state index contributed by atoms with van der Waals surface area (Å²) < 4.78 is 9.27. The van der Waals surface area contributed by atoms with Crippen molar-refractivity contribution < 1.29 is 29.0 Å². The highest BCUT2D eigenvalue weighted by Gasteiger charge is 2.41.